The fraction of sp³-hybridized carbons (Fsp3) is 0.455. The summed E-state index contributed by atoms with van der Waals surface area (Å²) in [7, 11) is 3.16. The van der Waals surface area contributed by atoms with Gasteiger partial charge in [0.1, 0.15) is 6.61 Å². The highest BCUT2D eigenvalue weighted by Gasteiger charge is 2.19. The number of rotatable bonds is 6. The fourth-order valence-electron chi connectivity index (χ4n) is 1.16. The number of halogens is 2. The molecule has 0 saturated carbocycles. The topological polar surface area (TPSA) is 55.8 Å². The van der Waals surface area contributed by atoms with Crippen LogP contribution in [0.4, 0.5) is 8.78 Å². The van der Waals surface area contributed by atoms with E-state index in [-0.39, 0.29) is 29.6 Å². The van der Waals surface area contributed by atoms with Crippen LogP contribution in [0.2, 0.25) is 0 Å². The van der Waals surface area contributed by atoms with Crippen molar-refractivity contribution in [2.75, 3.05) is 20.7 Å². The van der Waals surface area contributed by atoms with Crippen molar-refractivity contribution >= 4 is 23.2 Å². The number of amides is 1. The summed E-state index contributed by atoms with van der Waals surface area (Å²) in [6, 6.07) is 1.26. The summed E-state index contributed by atoms with van der Waals surface area (Å²) in [6.07, 6.45) is 0.0369. The van der Waals surface area contributed by atoms with Gasteiger partial charge in [-0.05, 0) is 11.4 Å². The largest absolute Gasteiger partial charge is 0.461 e. The third-order valence-corrected chi connectivity index (χ3v) is 2.95. The van der Waals surface area contributed by atoms with Crippen molar-refractivity contribution in [2.24, 2.45) is 0 Å². The van der Waals surface area contributed by atoms with Crippen molar-refractivity contribution < 1.29 is 27.8 Å². The van der Waals surface area contributed by atoms with Gasteiger partial charge < -0.3 is 14.4 Å². The lowest BCUT2D eigenvalue weighted by Gasteiger charge is -2.10. The van der Waals surface area contributed by atoms with Gasteiger partial charge in [0.2, 0.25) is 5.91 Å². The maximum absolute atomic E-state index is 12.1. The number of thiophene rings is 1. The highest BCUT2D eigenvalue weighted by molar-refractivity contribution is 7.12. The quantitative estimate of drug-likeness (QED) is 0.753. The van der Waals surface area contributed by atoms with E-state index in [1.165, 1.54) is 16.3 Å². The van der Waals surface area contributed by atoms with Crippen molar-refractivity contribution in [3.8, 4) is 5.75 Å². The molecule has 0 bridgehead atoms. The molecule has 0 aromatic carbocycles. The van der Waals surface area contributed by atoms with Crippen molar-refractivity contribution in [3.05, 3.63) is 16.3 Å². The van der Waals surface area contributed by atoms with E-state index in [0.717, 1.165) is 11.3 Å². The molecule has 106 valence electrons. The smallest absolute Gasteiger partial charge is 0.387 e. The average molecular weight is 293 g/mol. The maximum Gasteiger partial charge on any atom is 0.387 e. The van der Waals surface area contributed by atoms with Crippen LogP contribution in [-0.4, -0.2) is 44.1 Å². The van der Waals surface area contributed by atoms with Crippen LogP contribution in [-0.2, 0) is 9.53 Å². The minimum absolute atomic E-state index is 0.0369. The first-order valence-electron chi connectivity index (χ1n) is 5.31. The predicted octanol–water partition coefficient (Wildman–Crippen LogP) is 1.98. The zero-order chi connectivity index (χ0) is 14.4. The molecule has 0 aliphatic rings. The lowest BCUT2D eigenvalue weighted by molar-refractivity contribution is -0.129. The van der Waals surface area contributed by atoms with Crippen LogP contribution in [0.3, 0.4) is 0 Å². The summed E-state index contributed by atoms with van der Waals surface area (Å²) in [5, 5.41) is 1.44. The van der Waals surface area contributed by atoms with E-state index in [0.29, 0.717) is 0 Å². The summed E-state index contributed by atoms with van der Waals surface area (Å²) in [5.74, 6) is -1.19. The molecule has 0 fully saturated rings. The first kappa shape index (κ1) is 15.4. The molecule has 0 aliphatic carbocycles. The van der Waals surface area contributed by atoms with Crippen molar-refractivity contribution in [3.63, 3.8) is 0 Å². The number of carbonyl (C=O) groups is 2. The standard InChI is InChI=1S/C11H13F2NO4S/c1-14(2)8(15)3-5-17-10(16)9-7(4-6-19-9)18-11(12)13/h4,6,11H,3,5H2,1-2H3. The van der Waals surface area contributed by atoms with Gasteiger partial charge >= 0.3 is 12.6 Å². The van der Waals surface area contributed by atoms with Gasteiger partial charge in [-0.25, -0.2) is 4.79 Å². The fourth-order valence-corrected chi connectivity index (χ4v) is 1.87. The van der Waals surface area contributed by atoms with Crippen molar-refractivity contribution in [1.29, 1.82) is 0 Å². The number of hydrogen-bond donors (Lipinski definition) is 0. The third kappa shape index (κ3) is 4.82. The SMILES string of the molecule is CN(C)C(=O)CCOC(=O)c1sccc1OC(F)F. The summed E-state index contributed by atoms with van der Waals surface area (Å²) in [6.45, 7) is -3.11. The van der Waals surface area contributed by atoms with Gasteiger partial charge in [0.25, 0.3) is 0 Å². The van der Waals surface area contributed by atoms with E-state index in [4.69, 9.17) is 4.74 Å². The second-order valence-electron chi connectivity index (χ2n) is 3.67. The Bertz CT molecular complexity index is 448. The normalized spacial score (nSPS) is 10.4. The van der Waals surface area contributed by atoms with E-state index in [1.54, 1.807) is 14.1 Å². The van der Waals surface area contributed by atoms with E-state index in [1.807, 2.05) is 0 Å². The Hall–Kier alpha value is -1.70. The minimum atomic E-state index is -3.00. The third-order valence-electron chi connectivity index (χ3n) is 2.08. The van der Waals surface area contributed by atoms with Gasteiger partial charge in [0.15, 0.2) is 10.6 Å². The van der Waals surface area contributed by atoms with Crippen LogP contribution < -0.4 is 4.74 Å². The zero-order valence-electron chi connectivity index (χ0n) is 10.4. The van der Waals surface area contributed by atoms with Gasteiger partial charge in [-0.2, -0.15) is 8.78 Å². The molecule has 1 heterocycles. The van der Waals surface area contributed by atoms with Crippen molar-refractivity contribution in [2.45, 2.75) is 13.0 Å². The first-order chi connectivity index (χ1) is 8.91. The Balaban J connectivity index is 2.50. The second-order valence-corrected chi connectivity index (χ2v) is 4.58. The number of nitrogens with zero attached hydrogens (tertiary/aromatic N) is 1. The second kappa shape index (κ2) is 7.03. The molecular formula is C11H13F2NO4S. The molecule has 1 amide bonds. The number of ether oxygens (including phenoxy) is 2. The summed E-state index contributed by atoms with van der Waals surface area (Å²) in [5.41, 5.74) is 0. The molecule has 0 N–H and O–H groups in total. The molecule has 19 heavy (non-hydrogen) atoms. The molecule has 5 nitrogen and oxygen atoms in total. The molecule has 0 atom stereocenters. The number of alkyl halides is 2. The average Bonchev–Trinajstić information content (AvgIpc) is 2.75. The monoisotopic (exact) mass is 293 g/mol. The predicted molar refractivity (Wildman–Crippen MR) is 64.5 cm³/mol. The molecule has 0 radical (unpaired) electrons. The van der Waals surface area contributed by atoms with Gasteiger partial charge in [-0.15, -0.1) is 11.3 Å². The van der Waals surface area contributed by atoms with Crippen LogP contribution >= 0.6 is 11.3 Å². The Morgan fingerprint density at radius 2 is 2.11 bits per heavy atom. The molecule has 0 spiro atoms. The zero-order valence-corrected chi connectivity index (χ0v) is 11.2. The number of hydrogen-bond acceptors (Lipinski definition) is 5. The molecule has 8 heteroatoms. The molecular weight excluding hydrogens is 280 g/mol. The lowest BCUT2D eigenvalue weighted by atomic mass is 10.4. The van der Waals surface area contributed by atoms with E-state index >= 15 is 0 Å². The van der Waals surface area contributed by atoms with Gasteiger partial charge in [-0.1, -0.05) is 0 Å². The van der Waals surface area contributed by atoms with E-state index in [2.05, 4.69) is 4.74 Å². The first-order valence-corrected chi connectivity index (χ1v) is 6.19. The Labute approximate surface area is 112 Å². The van der Waals surface area contributed by atoms with Crippen LogP contribution in [0.5, 0.6) is 5.75 Å². The Kier molecular flexibility index (Phi) is 5.68. The molecule has 0 aliphatic heterocycles. The van der Waals surface area contributed by atoms with Gasteiger partial charge in [-0.3, -0.25) is 4.79 Å². The van der Waals surface area contributed by atoms with E-state index < -0.39 is 12.6 Å². The highest BCUT2D eigenvalue weighted by Crippen LogP contribution is 2.27. The molecule has 0 unspecified atom stereocenters. The lowest BCUT2D eigenvalue weighted by Crippen LogP contribution is -2.23. The van der Waals surface area contributed by atoms with Gasteiger partial charge in [0, 0.05) is 14.1 Å². The van der Waals surface area contributed by atoms with Crippen LogP contribution in [0, 0.1) is 0 Å². The highest BCUT2D eigenvalue weighted by atomic mass is 32.1. The van der Waals surface area contributed by atoms with Gasteiger partial charge in [0.05, 0.1) is 6.42 Å². The Morgan fingerprint density at radius 1 is 1.42 bits per heavy atom. The molecule has 1 aromatic heterocycles. The van der Waals surface area contributed by atoms with E-state index in [9.17, 15) is 18.4 Å². The van der Waals surface area contributed by atoms with Crippen LogP contribution in [0.1, 0.15) is 16.1 Å². The Morgan fingerprint density at radius 3 is 2.68 bits per heavy atom. The summed E-state index contributed by atoms with van der Waals surface area (Å²) < 4.78 is 33.1. The minimum Gasteiger partial charge on any atom is -0.461 e. The molecule has 1 rings (SSSR count). The van der Waals surface area contributed by atoms with Crippen LogP contribution in [0.25, 0.3) is 0 Å². The molecule has 0 saturated heterocycles. The summed E-state index contributed by atoms with van der Waals surface area (Å²) >= 11 is 0.937. The van der Waals surface area contributed by atoms with Crippen LogP contribution in [0.15, 0.2) is 11.4 Å². The molecule has 1 aromatic rings. The summed E-state index contributed by atoms with van der Waals surface area (Å²) in [4.78, 5) is 24.2. The maximum atomic E-state index is 12.1. The van der Waals surface area contributed by atoms with Crippen molar-refractivity contribution in [1.82, 2.24) is 4.90 Å². The number of esters is 1. The number of carbonyl (C=O) groups excluding carboxylic acids is 2.